The monoisotopic (exact) mass is 642 g/mol. The molecule has 0 bridgehead atoms. The average Bonchev–Trinajstić information content (AvgIpc) is 3.03. The topological polar surface area (TPSA) is 246 Å². The first kappa shape index (κ1) is 32.7. The number of aliphatic hydroxyl groups excluding tert-OH is 6. The highest BCUT2D eigenvalue weighted by Crippen LogP contribution is 2.52. The molecule has 0 radical (unpaired) electrons. The molecule has 9 atom stereocenters. The van der Waals surface area contributed by atoms with Crippen molar-refractivity contribution in [3.8, 4) is 34.5 Å². The van der Waals surface area contributed by atoms with Crippen LogP contribution in [0.3, 0.4) is 0 Å². The second-order valence-electron chi connectivity index (χ2n) is 10.3. The minimum atomic E-state index is -1.90. The maximum absolute atomic E-state index is 14.0. The van der Waals surface area contributed by atoms with E-state index in [-0.39, 0.29) is 51.5 Å². The predicted octanol–water partition coefficient (Wildman–Crippen LogP) is -1.67. The van der Waals surface area contributed by atoms with Crippen LogP contribution in [0, 0.1) is 0 Å². The SMILES string of the molecule is COc1c(OC)c(O[C@@H]2O[C@H](CO[C@@H]3OC[C@@H](O)[C@H](O)[C@H]3O)[C@@H](O)[C@H](O)[C@H]2O)c2c(=O)c3c(O)ccc(OC)c3oc2c1OC. The van der Waals surface area contributed by atoms with Gasteiger partial charge in [0.05, 0.1) is 41.7 Å². The van der Waals surface area contributed by atoms with Gasteiger partial charge in [0.15, 0.2) is 29.0 Å². The number of aliphatic hydroxyl groups is 6. The van der Waals surface area contributed by atoms with E-state index < -0.39 is 78.8 Å². The fourth-order valence-corrected chi connectivity index (χ4v) is 5.26. The van der Waals surface area contributed by atoms with Crippen molar-refractivity contribution >= 4 is 21.9 Å². The average molecular weight is 643 g/mol. The molecule has 2 saturated heterocycles. The molecule has 2 aliphatic heterocycles. The maximum atomic E-state index is 14.0. The van der Waals surface area contributed by atoms with E-state index in [1.807, 2.05) is 0 Å². The Labute approximate surface area is 254 Å². The summed E-state index contributed by atoms with van der Waals surface area (Å²) < 4.78 is 50.2. The van der Waals surface area contributed by atoms with Gasteiger partial charge in [-0.3, -0.25) is 4.79 Å². The lowest BCUT2D eigenvalue weighted by molar-refractivity contribution is -0.307. The van der Waals surface area contributed by atoms with Crippen molar-refractivity contribution in [1.82, 2.24) is 0 Å². The van der Waals surface area contributed by atoms with Crippen LogP contribution in [-0.2, 0) is 14.2 Å². The van der Waals surface area contributed by atoms with Crippen LogP contribution in [0.5, 0.6) is 34.5 Å². The maximum Gasteiger partial charge on any atom is 0.229 e. The highest BCUT2D eigenvalue weighted by molar-refractivity contribution is 6.02. The quantitative estimate of drug-likeness (QED) is 0.129. The zero-order valence-electron chi connectivity index (χ0n) is 24.5. The van der Waals surface area contributed by atoms with Gasteiger partial charge in [0.1, 0.15) is 59.2 Å². The van der Waals surface area contributed by atoms with Gasteiger partial charge in [-0.15, -0.1) is 0 Å². The number of phenolic OH excluding ortho intramolecular Hbond substituents is 1. The molecule has 45 heavy (non-hydrogen) atoms. The lowest BCUT2D eigenvalue weighted by atomic mass is 9.99. The number of benzene rings is 2. The normalized spacial score (nSPS) is 30.3. The van der Waals surface area contributed by atoms with E-state index in [4.69, 9.17) is 42.3 Å². The smallest absolute Gasteiger partial charge is 0.229 e. The van der Waals surface area contributed by atoms with Crippen LogP contribution in [0.25, 0.3) is 21.9 Å². The number of methoxy groups -OCH3 is 4. The zero-order valence-corrected chi connectivity index (χ0v) is 24.5. The van der Waals surface area contributed by atoms with Gasteiger partial charge < -0.3 is 78.1 Å². The Bertz CT molecular complexity index is 1590. The minimum absolute atomic E-state index is 0.0914. The molecule has 2 fully saturated rings. The molecule has 2 aliphatic rings. The van der Waals surface area contributed by atoms with Crippen LogP contribution in [0.2, 0.25) is 0 Å². The first-order chi connectivity index (χ1) is 21.5. The predicted molar refractivity (Wildman–Crippen MR) is 149 cm³/mol. The Balaban J connectivity index is 1.58. The van der Waals surface area contributed by atoms with E-state index >= 15 is 0 Å². The van der Waals surface area contributed by atoms with Crippen molar-refractivity contribution in [1.29, 1.82) is 0 Å². The summed E-state index contributed by atoms with van der Waals surface area (Å²) in [7, 11) is 5.13. The first-order valence-electron chi connectivity index (χ1n) is 13.6. The molecule has 2 aromatic carbocycles. The van der Waals surface area contributed by atoms with E-state index in [1.165, 1.54) is 40.6 Å². The molecule has 0 spiro atoms. The van der Waals surface area contributed by atoms with E-state index in [0.717, 1.165) is 0 Å². The third-order valence-corrected chi connectivity index (χ3v) is 7.65. The molecule has 3 heterocycles. The van der Waals surface area contributed by atoms with Gasteiger partial charge in [0, 0.05) is 0 Å². The molecule has 0 unspecified atom stereocenters. The largest absolute Gasteiger partial charge is 0.507 e. The number of fused-ring (bicyclic) bond motifs is 2. The molecule has 17 nitrogen and oxygen atoms in total. The second kappa shape index (κ2) is 13.0. The van der Waals surface area contributed by atoms with Gasteiger partial charge in [0.2, 0.25) is 29.0 Å². The first-order valence-corrected chi connectivity index (χ1v) is 13.6. The number of hydrogen-bond donors (Lipinski definition) is 7. The fraction of sp³-hybridized carbons (Fsp3) is 0.536. The second-order valence-corrected chi connectivity index (χ2v) is 10.3. The third kappa shape index (κ3) is 5.56. The van der Waals surface area contributed by atoms with Crippen LogP contribution >= 0.6 is 0 Å². The van der Waals surface area contributed by atoms with Gasteiger partial charge in [-0.1, -0.05) is 0 Å². The van der Waals surface area contributed by atoms with Crippen LogP contribution in [0.1, 0.15) is 0 Å². The van der Waals surface area contributed by atoms with Crippen molar-refractivity contribution < 1.29 is 78.1 Å². The van der Waals surface area contributed by atoms with Crippen LogP contribution in [-0.4, -0.2) is 133 Å². The van der Waals surface area contributed by atoms with E-state index in [2.05, 4.69) is 0 Å². The number of aromatic hydroxyl groups is 1. The van der Waals surface area contributed by atoms with Gasteiger partial charge in [0.25, 0.3) is 0 Å². The Hall–Kier alpha value is -3.65. The molecule has 17 heteroatoms. The van der Waals surface area contributed by atoms with Crippen molar-refractivity contribution in [2.24, 2.45) is 0 Å². The summed E-state index contributed by atoms with van der Waals surface area (Å²) in [6, 6.07) is 2.61. The lowest BCUT2D eigenvalue weighted by Gasteiger charge is -2.41. The number of hydrogen-bond acceptors (Lipinski definition) is 17. The summed E-state index contributed by atoms with van der Waals surface area (Å²) in [6.07, 6.45) is -14.7. The Kier molecular flexibility index (Phi) is 9.45. The molecular weight excluding hydrogens is 608 g/mol. The van der Waals surface area contributed by atoms with Gasteiger partial charge >= 0.3 is 0 Å². The molecule has 3 aromatic rings. The lowest BCUT2D eigenvalue weighted by Crippen LogP contribution is -2.61. The van der Waals surface area contributed by atoms with Gasteiger partial charge in [-0.2, -0.15) is 0 Å². The zero-order chi connectivity index (χ0) is 32.7. The fourth-order valence-electron chi connectivity index (χ4n) is 5.26. The van der Waals surface area contributed by atoms with Gasteiger partial charge in [-0.25, -0.2) is 0 Å². The highest BCUT2D eigenvalue weighted by atomic mass is 16.7. The Morgan fingerprint density at radius 1 is 0.733 bits per heavy atom. The van der Waals surface area contributed by atoms with E-state index in [9.17, 15) is 40.5 Å². The summed E-state index contributed by atoms with van der Waals surface area (Å²) in [5.41, 5.74) is -1.17. The van der Waals surface area contributed by atoms with Crippen LogP contribution < -0.4 is 29.1 Å². The van der Waals surface area contributed by atoms with Crippen molar-refractivity contribution in [2.75, 3.05) is 41.7 Å². The molecule has 1 aromatic heterocycles. The van der Waals surface area contributed by atoms with E-state index in [0.29, 0.717) is 0 Å². The standard InChI is InChI=1S/C28H34O17/c1-37-11-6-5-9(29)13-17(33)14-22(44-21(11)13)24(38-2)26(40-4)25(39-3)23(14)45-28-20(36)18(34)16(32)12(43-28)8-42-27-19(35)15(31)10(30)7-41-27/h5-6,10,12,15-16,18-20,27-32,34-36H,7-8H2,1-4H3/t10-,12-,15+,16-,18+,19-,20-,27+,28+/m1/s1. The van der Waals surface area contributed by atoms with Crippen LogP contribution in [0.4, 0.5) is 0 Å². The molecule has 7 N–H and O–H groups in total. The molecular formula is C28H34O17. The third-order valence-electron chi connectivity index (χ3n) is 7.65. The summed E-state index contributed by atoms with van der Waals surface area (Å²) in [6.45, 7) is -0.908. The summed E-state index contributed by atoms with van der Waals surface area (Å²) in [4.78, 5) is 14.0. The molecule has 0 saturated carbocycles. The molecule has 0 amide bonds. The van der Waals surface area contributed by atoms with E-state index in [1.54, 1.807) is 0 Å². The summed E-state index contributed by atoms with van der Waals surface area (Å²) in [5.74, 6) is -1.15. The van der Waals surface area contributed by atoms with Crippen molar-refractivity contribution in [3.05, 3.63) is 22.4 Å². The van der Waals surface area contributed by atoms with Gasteiger partial charge in [-0.05, 0) is 12.1 Å². The van der Waals surface area contributed by atoms with Crippen molar-refractivity contribution in [3.63, 3.8) is 0 Å². The molecule has 5 rings (SSSR count). The Morgan fingerprint density at radius 3 is 2.02 bits per heavy atom. The number of ether oxygens (including phenoxy) is 8. The molecule has 0 aliphatic carbocycles. The number of rotatable bonds is 9. The minimum Gasteiger partial charge on any atom is -0.507 e. The highest BCUT2D eigenvalue weighted by Gasteiger charge is 2.47. The van der Waals surface area contributed by atoms with Crippen LogP contribution in [0.15, 0.2) is 21.3 Å². The molecule has 248 valence electrons. The number of phenols is 1. The Morgan fingerprint density at radius 2 is 1.38 bits per heavy atom. The summed E-state index contributed by atoms with van der Waals surface area (Å²) >= 11 is 0. The summed E-state index contributed by atoms with van der Waals surface area (Å²) in [5, 5.41) is 71.9. The van der Waals surface area contributed by atoms with Crippen molar-refractivity contribution in [2.45, 2.75) is 55.3 Å².